The highest BCUT2D eigenvalue weighted by atomic mass is 79.9. The van der Waals surface area contributed by atoms with Gasteiger partial charge in [0.2, 0.25) is 0 Å². The third kappa shape index (κ3) is 4.94. The molecule has 0 saturated carbocycles. The lowest BCUT2D eigenvalue weighted by atomic mass is 10.1. The molecule has 0 aromatic heterocycles. The normalized spacial score (nSPS) is 10.7. The number of nitriles is 1. The van der Waals surface area contributed by atoms with Crippen molar-refractivity contribution < 1.29 is 19.4 Å². The molecule has 0 unspecified atom stereocenters. The first-order valence-electron chi connectivity index (χ1n) is 7.63. The fraction of sp³-hybridized carbons (Fsp3) is 0.105. The van der Waals surface area contributed by atoms with Gasteiger partial charge in [-0.25, -0.2) is 4.79 Å². The monoisotopic (exact) mass is 414 g/mol. The third-order valence-electron chi connectivity index (χ3n) is 3.30. The Bertz CT molecular complexity index is 916. The number of halogens is 1. The molecule has 2 N–H and O–H groups in total. The maximum Gasteiger partial charge on any atom is 0.335 e. The number of hydrogen-bond donors (Lipinski definition) is 2. The molecule has 0 aliphatic heterocycles. The molecule has 0 spiro atoms. The number of benzene rings is 2. The standard InChI is InChI=1S/C19H15BrN2O4/c1-2-26-17-7-6-12(9-16(17)20)8-14(11-21)18(23)22-15-5-3-4-13(10-15)19(24)25/h3-10H,2H2,1H3,(H,22,23)(H,24,25)/b14-8-. The van der Waals surface area contributed by atoms with Crippen molar-refractivity contribution in [2.45, 2.75) is 6.92 Å². The van der Waals surface area contributed by atoms with Crippen LogP contribution in [0.25, 0.3) is 6.08 Å². The largest absolute Gasteiger partial charge is 0.493 e. The lowest BCUT2D eigenvalue weighted by Gasteiger charge is -2.07. The summed E-state index contributed by atoms with van der Waals surface area (Å²) in [4.78, 5) is 23.3. The molecular formula is C19H15BrN2O4. The third-order valence-corrected chi connectivity index (χ3v) is 3.92. The minimum Gasteiger partial charge on any atom is -0.493 e. The molecular weight excluding hydrogens is 400 g/mol. The predicted molar refractivity (Wildman–Crippen MR) is 101 cm³/mol. The average molecular weight is 415 g/mol. The quantitative estimate of drug-likeness (QED) is 0.547. The summed E-state index contributed by atoms with van der Waals surface area (Å²) in [6.07, 6.45) is 1.44. The van der Waals surface area contributed by atoms with Gasteiger partial charge >= 0.3 is 5.97 Å². The molecule has 0 bridgehead atoms. The van der Waals surface area contributed by atoms with Crippen molar-refractivity contribution in [2.24, 2.45) is 0 Å². The van der Waals surface area contributed by atoms with Crippen LogP contribution in [0.3, 0.4) is 0 Å². The van der Waals surface area contributed by atoms with E-state index >= 15 is 0 Å². The zero-order valence-corrected chi connectivity index (χ0v) is 15.4. The molecule has 0 atom stereocenters. The molecule has 26 heavy (non-hydrogen) atoms. The molecule has 7 heteroatoms. The Labute approximate surface area is 158 Å². The number of aromatic carboxylic acids is 1. The van der Waals surface area contributed by atoms with Gasteiger partial charge in [-0.15, -0.1) is 0 Å². The first-order chi connectivity index (χ1) is 12.4. The van der Waals surface area contributed by atoms with E-state index in [2.05, 4.69) is 21.2 Å². The van der Waals surface area contributed by atoms with Gasteiger partial charge in [0.25, 0.3) is 5.91 Å². The summed E-state index contributed by atoms with van der Waals surface area (Å²) in [6.45, 7) is 2.40. The van der Waals surface area contributed by atoms with Crippen LogP contribution in [-0.4, -0.2) is 23.6 Å². The fourth-order valence-electron chi connectivity index (χ4n) is 2.12. The van der Waals surface area contributed by atoms with E-state index in [0.29, 0.717) is 28.1 Å². The number of nitrogens with zero attached hydrogens (tertiary/aromatic N) is 1. The molecule has 1 amide bonds. The highest BCUT2D eigenvalue weighted by Crippen LogP contribution is 2.27. The van der Waals surface area contributed by atoms with Crippen molar-refractivity contribution in [3.8, 4) is 11.8 Å². The summed E-state index contributed by atoms with van der Waals surface area (Å²) in [5.74, 6) is -1.06. The van der Waals surface area contributed by atoms with Gasteiger partial charge in [-0.2, -0.15) is 5.26 Å². The van der Waals surface area contributed by atoms with Crippen LogP contribution >= 0.6 is 15.9 Å². The molecule has 0 aliphatic rings. The fourth-order valence-corrected chi connectivity index (χ4v) is 2.63. The highest BCUT2D eigenvalue weighted by Gasteiger charge is 2.11. The number of nitrogens with one attached hydrogen (secondary N) is 1. The number of ether oxygens (including phenoxy) is 1. The van der Waals surface area contributed by atoms with E-state index in [1.807, 2.05) is 13.0 Å². The van der Waals surface area contributed by atoms with E-state index in [-0.39, 0.29) is 11.1 Å². The molecule has 2 aromatic rings. The summed E-state index contributed by atoms with van der Waals surface area (Å²) in [7, 11) is 0. The molecule has 2 aromatic carbocycles. The second-order valence-electron chi connectivity index (χ2n) is 5.13. The molecule has 0 fully saturated rings. The second-order valence-corrected chi connectivity index (χ2v) is 5.99. The van der Waals surface area contributed by atoms with Gasteiger partial charge in [-0.3, -0.25) is 4.79 Å². The van der Waals surface area contributed by atoms with Crippen LogP contribution in [0.4, 0.5) is 5.69 Å². The van der Waals surface area contributed by atoms with Crippen molar-refractivity contribution in [3.63, 3.8) is 0 Å². The van der Waals surface area contributed by atoms with Crippen LogP contribution in [0.2, 0.25) is 0 Å². The van der Waals surface area contributed by atoms with Crippen LogP contribution in [0, 0.1) is 11.3 Å². The van der Waals surface area contributed by atoms with Crippen LogP contribution in [0.1, 0.15) is 22.8 Å². The van der Waals surface area contributed by atoms with E-state index in [9.17, 15) is 14.9 Å². The zero-order valence-electron chi connectivity index (χ0n) is 13.8. The average Bonchev–Trinajstić information content (AvgIpc) is 2.62. The summed E-state index contributed by atoms with van der Waals surface area (Å²) in [5.41, 5.74) is 0.873. The lowest BCUT2D eigenvalue weighted by molar-refractivity contribution is -0.112. The van der Waals surface area contributed by atoms with Crippen LogP contribution in [-0.2, 0) is 4.79 Å². The summed E-state index contributed by atoms with van der Waals surface area (Å²) < 4.78 is 6.13. The van der Waals surface area contributed by atoms with E-state index in [0.717, 1.165) is 0 Å². The van der Waals surface area contributed by atoms with Crippen molar-refractivity contribution >= 4 is 39.6 Å². The Balaban J connectivity index is 2.22. The summed E-state index contributed by atoms with van der Waals surface area (Å²) in [5, 5.41) is 20.8. The van der Waals surface area contributed by atoms with Gasteiger partial charge in [0.1, 0.15) is 17.4 Å². The summed E-state index contributed by atoms with van der Waals surface area (Å²) in [6, 6.07) is 12.9. The van der Waals surface area contributed by atoms with Gasteiger partial charge < -0.3 is 15.2 Å². The first-order valence-corrected chi connectivity index (χ1v) is 8.42. The smallest absolute Gasteiger partial charge is 0.335 e. The van der Waals surface area contributed by atoms with Gasteiger partial charge in [-0.05, 0) is 64.8 Å². The molecule has 132 valence electrons. The Morgan fingerprint density at radius 3 is 2.69 bits per heavy atom. The minimum atomic E-state index is -1.10. The Hall–Kier alpha value is -3.11. The Morgan fingerprint density at radius 1 is 1.31 bits per heavy atom. The van der Waals surface area contributed by atoms with Crippen molar-refractivity contribution in [2.75, 3.05) is 11.9 Å². The number of hydrogen-bond acceptors (Lipinski definition) is 4. The lowest BCUT2D eigenvalue weighted by Crippen LogP contribution is -2.13. The van der Waals surface area contributed by atoms with Crippen LogP contribution in [0.15, 0.2) is 52.5 Å². The first kappa shape index (κ1) is 19.2. The van der Waals surface area contributed by atoms with E-state index in [1.54, 1.807) is 24.3 Å². The number of carbonyl (C=O) groups is 2. The molecule has 0 heterocycles. The van der Waals surface area contributed by atoms with Crippen molar-refractivity contribution in [3.05, 3.63) is 63.6 Å². The van der Waals surface area contributed by atoms with E-state index < -0.39 is 11.9 Å². The molecule has 0 saturated heterocycles. The number of carbonyl (C=O) groups excluding carboxylic acids is 1. The van der Waals surface area contributed by atoms with Gasteiger partial charge in [0.05, 0.1) is 16.6 Å². The Morgan fingerprint density at radius 2 is 2.08 bits per heavy atom. The SMILES string of the molecule is CCOc1ccc(/C=C(/C#N)C(=O)Nc2cccc(C(=O)O)c2)cc1Br. The van der Waals surface area contributed by atoms with E-state index in [1.165, 1.54) is 24.3 Å². The van der Waals surface area contributed by atoms with E-state index in [4.69, 9.17) is 9.84 Å². The Kier molecular flexibility index (Phi) is 6.53. The molecule has 0 aliphatic carbocycles. The highest BCUT2D eigenvalue weighted by molar-refractivity contribution is 9.10. The number of anilines is 1. The van der Waals surface area contributed by atoms with Gasteiger partial charge in [0.15, 0.2) is 0 Å². The number of carboxylic acids is 1. The van der Waals surface area contributed by atoms with Gasteiger partial charge in [0, 0.05) is 5.69 Å². The maximum absolute atomic E-state index is 12.3. The zero-order chi connectivity index (χ0) is 19.1. The topological polar surface area (TPSA) is 99.4 Å². The predicted octanol–water partition coefficient (Wildman–Crippen LogP) is 4.09. The van der Waals surface area contributed by atoms with Crippen molar-refractivity contribution in [1.82, 2.24) is 0 Å². The molecule has 2 rings (SSSR count). The van der Waals surface area contributed by atoms with Crippen LogP contribution < -0.4 is 10.1 Å². The molecule has 6 nitrogen and oxygen atoms in total. The number of rotatable bonds is 6. The number of amides is 1. The summed E-state index contributed by atoms with van der Waals surface area (Å²) >= 11 is 3.38. The maximum atomic E-state index is 12.3. The van der Waals surface area contributed by atoms with Gasteiger partial charge in [-0.1, -0.05) is 12.1 Å². The minimum absolute atomic E-state index is 0.0423. The van der Waals surface area contributed by atoms with Crippen LogP contribution in [0.5, 0.6) is 5.75 Å². The van der Waals surface area contributed by atoms with Crippen molar-refractivity contribution in [1.29, 1.82) is 5.26 Å². The number of carboxylic acid groups (broad SMARTS) is 1. The molecule has 0 radical (unpaired) electrons. The second kappa shape index (κ2) is 8.83.